The van der Waals surface area contributed by atoms with E-state index in [4.69, 9.17) is 0 Å². The lowest BCUT2D eigenvalue weighted by Crippen LogP contribution is -2.02. The molecule has 0 aliphatic carbocycles. The molecule has 0 saturated carbocycles. The minimum atomic E-state index is 0.861. The highest BCUT2D eigenvalue weighted by atomic mass is 14.9. The van der Waals surface area contributed by atoms with Crippen LogP contribution in [0.3, 0.4) is 0 Å². The molecule has 3 N–H and O–H groups in total. The number of nitrogens with one attached hydrogen (secondary N) is 3. The van der Waals surface area contributed by atoms with Gasteiger partial charge in [-0.15, -0.1) is 6.58 Å². The Balaban J connectivity index is 3.25. The van der Waals surface area contributed by atoms with Crippen LogP contribution >= 0.6 is 0 Å². The Morgan fingerprint density at radius 2 is 1.87 bits per heavy atom. The normalized spacial score (nSPS) is 9.53. The summed E-state index contributed by atoms with van der Waals surface area (Å²) in [6, 6.07) is 4.22. The van der Waals surface area contributed by atoms with Crippen molar-refractivity contribution in [2.75, 3.05) is 37.1 Å². The van der Waals surface area contributed by atoms with Gasteiger partial charge in [0.2, 0.25) is 0 Å². The molecule has 0 aliphatic rings. The molecule has 0 unspecified atom stereocenters. The zero-order valence-corrected chi connectivity index (χ0v) is 9.65. The van der Waals surface area contributed by atoms with E-state index >= 15 is 0 Å². The Labute approximate surface area is 91.6 Å². The van der Waals surface area contributed by atoms with Crippen LogP contribution in [0.1, 0.15) is 5.56 Å². The molecule has 0 radical (unpaired) electrons. The third-order valence-electron chi connectivity index (χ3n) is 2.39. The first-order valence-electron chi connectivity index (χ1n) is 5.07. The van der Waals surface area contributed by atoms with Crippen molar-refractivity contribution < 1.29 is 0 Å². The quantitative estimate of drug-likeness (QED) is 0.646. The van der Waals surface area contributed by atoms with Crippen molar-refractivity contribution in [3.8, 4) is 0 Å². The highest BCUT2D eigenvalue weighted by Gasteiger charge is 2.07. The number of anilines is 3. The molecule has 0 aromatic heterocycles. The van der Waals surface area contributed by atoms with Crippen molar-refractivity contribution in [3.63, 3.8) is 0 Å². The molecule has 3 heteroatoms. The Morgan fingerprint density at radius 3 is 2.33 bits per heavy atom. The number of rotatable bonds is 5. The molecule has 0 aliphatic heterocycles. The second kappa shape index (κ2) is 5.29. The Morgan fingerprint density at radius 1 is 1.13 bits per heavy atom. The largest absolute Gasteiger partial charge is 0.388 e. The number of hydrogen-bond donors (Lipinski definition) is 3. The third-order valence-corrected chi connectivity index (χ3v) is 2.39. The van der Waals surface area contributed by atoms with E-state index in [0.717, 1.165) is 23.5 Å². The van der Waals surface area contributed by atoms with Crippen LogP contribution in [0, 0.1) is 0 Å². The molecule has 15 heavy (non-hydrogen) atoms. The maximum Gasteiger partial charge on any atom is 0.0610 e. The monoisotopic (exact) mass is 205 g/mol. The topological polar surface area (TPSA) is 36.1 Å². The van der Waals surface area contributed by atoms with E-state index in [1.165, 1.54) is 5.56 Å². The maximum atomic E-state index is 3.77. The molecule has 3 nitrogen and oxygen atoms in total. The zero-order valence-electron chi connectivity index (χ0n) is 9.65. The molecule has 0 spiro atoms. The maximum absolute atomic E-state index is 3.77. The zero-order chi connectivity index (χ0) is 11.3. The molecular formula is C12H19N3. The summed E-state index contributed by atoms with van der Waals surface area (Å²) in [6.07, 6.45) is 2.77. The van der Waals surface area contributed by atoms with E-state index in [2.05, 4.69) is 34.7 Å². The van der Waals surface area contributed by atoms with Gasteiger partial charge >= 0.3 is 0 Å². The average Bonchev–Trinajstić information content (AvgIpc) is 2.28. The van der Waals surface area contributed by atoms with E-state index < -0.39 is 0 Å². The number of hydrogen-bond acceptors (Lipinski definition) is 3. The predicted molar refractivity (Wildman–Crippen MR) is 69.0 cm³/mol. The fourth-order valence-electron chi connectivity index (χ4n) is 1.66. The van der Waals surface area contributed by atoms with Crippen LogP contribution in [0.2, 0.25) is 0 Å². The lowest BCUT2D eigenvalue weighted by molar-refractivity contribution is 1.25. The van der Waals surface area contributed by atoms with E-state index in [9.17, 15) is 0 Å². The summed E-state index contributed by atoms with van der Waals surface area (Å²) in [5, 5.41) is 9.55. The molecule has 1 rings (SSSR count). The number of allylic oxidation sites excluding steroid dienone is 1. The Hall–Kier alpha value is -1.64. The molecular weight excluding hydrogens is 186 g/mol. The van der Waals surface area contributed by atoms with Gasteiger partial charge in [0.15, 0.2) is 0 Å². The predicted octanol–water partition coefficient (Wildman–Crippen LogP) is 2.54. The van der Waals surface area contributed by atoms with Crippen molar-refractivity contribution in [1.82, 2.24) is 0 Å². The molecule has 0 amide bonds. The van der Waals surface area contributed by atoms with Crippen LogP contribution in [-0.2, 0) is 6.42 Å². The van der Waals surface area contributed by atoms with E-state index in [1.54, 1.807) is 0 Å². The van der Waals surface area contributed by atoms with Crippen LogP contribution in [0.25, 0.3) is 0 Å². The first-order chi connectivity index (χ1) is 7.26. The van der Waals surface area contributed by atoms with E-state index in [1.807, 2.05) is 27.2 Å². The van der Waals surface area contributed by atoms with Crippen molar-refractivity contribution >= 4 is 17.1 Å². The van der Waals surface area contributed by atoms with E-state index in [0.29, 0.717) is 0 Å². The fourth-order valence-corrected chi connectivity index (χ4v) is 1.66. The Bertz CT molecular complexity index is 345. The van der Waals surface area contributed by atoms with Crippen molar-refractivity contribution in [3.05, 3.63) is 30.4 Å². The molecule has 0 heterocycles. The second-order valence-corrected chi connectivity index (χ2v) is 3.30. The minimum absolute atomic E-state index is 0.861. The van der Waals surface area contributed by atoms with Crippen LogP contribution in [0.15, 0.2) is 24.8 Å². The third kappa shape index (κ3) is 2.43. The van der Waals surface area contributed by atoms with Gasteiger partial charge in [0.25, 0.3) is 0 Å². The van der Waals surface area contributed by atoms with Crippen molar-refractivity contribution in [1.29, 1.82) is 0 Å². The molecule has 82 valence electrons. The highest BCUT2D eigenvalue weighted by Crippen LogP contribution is 2.30. The van der Waals surface area contributed by atoms with Gasteiger partial charge < -0.3 is 16.0 Å². The van der Waals surface area contributed by atoms with Crippen LogP contribution in [0.4, 0.5) is 17.1 Å². The SMILES string of the molecule is C=CCc1cc(NC)cc(NC)c1NC. The minimum Gasteiger partial charge on any atom is -0.388 e. The van der Waals surface area contributed by atoms with Gasteiger partial charge in [-0.3, -0.25) is 0 Å². The molecule has 0 atom stereocenters. The highest BCUT2D eigenvalue weighted by molar-refractivity contribution is 5.77. The first kappa shape index (κ1) is 11.4. The summed E-state index contributed by atoms with van der Waals surface area (Å²) in [5.74, 6) is 0. The van der Waals surface area contributed by atoms with Crippen molar-refractivity contribution in [2.24, 2.45) is 0 Å². The van der Waals surface area contributed by atoms with Gasteiger partial charge in [0.1, 0.15) is 0 Å². The number of benzene rings is 1. The first-order valence-corrected chi connectivity index (χ1v) is 5.07. The van der Waals surface area contributed by atoms with Gasteiger partial charge in [0.05, 0.1) is 11.4 Å². The fraction of sp³-hybridized carbons (Fsp3) is 0.333. The van der Waals surface area contributed by atoms with Crippen molar-refractivity contribution in [2.45, 2.75) is 6.42 Å². The summed E-state index contributed by atoms with van der Waals surface area (Å²) in [7, 11) is 5.78. The van der Waals surface area contributed by atoms with Gasteiger partial charge in [-0.05, 0) is 24.1 Å². The van der Waals surface area contributed by atoms with Gasteiger partial charge in [-0.1, -0.05) is 6.08 Å². The van der Waals surface area contributed by atoms with E-state index in [-0.39, 0.29) is 0 Å². The molecule has 0 bridgehead atoms. The van der Waals surface area contributed by atoms with Gasteiger partial charge in [0, 0.05) is 26.8 Å². The summed E-state index contributed by atoms with van der Waals surface area (Å²) >= 11 is 0. The average molecular weight is 205 g/mol. The standard InChI is InChI=1S/C12H19N3/c1-5-6-9-7-10(13-2)8-11(14-3)12(9)15-4/h5,7-8,13-15H,1,6H2,2-4H3. The summed E-state index contributed by atoms with van der Waals surface area (Å²) in [4.78, 5) is 0. The lowest BCUT2D eigenvalue weighted by Gasteiger charge is -2.15. The summed E-state index contributed by atoms with van der Waals surface area (Å²) in [6.45, 7) is 3.77. The van der Waals surface area contributed by atoms with Gasteiger partial charge in [-0.2, -0.15) is 0 Å². The van der Waals surface area contributed by atoms with Gasteiger partial charge in [-0.25, -0.2) is 0 Å². The molecule has 0 saturated heterocycles. The Kier molecular flexibility index (Phi) is 4.03. The molecule has 1 aromatic rings. The van der Waals surface area contributed by atoms with Crippen LogP contribution in [-0.4, -0.2) is 21.1 Å². The molecule has 1 aromatic carbocycles. The molecule has 0 fully saturated rings. The van der Waals surface area contributed by atoms with Crippen LogP contribution < -0.4 is 16.0 Å². The summed E-state index contributed by atoms with van der Waals surface area (Å²) < 4.78 is 0. The lowest BCUT2D eigenvalue weighted by atomic mass is 10.1. The summed E-state index contributed by atoms with van der Waals surface area (Å²) in [5.41, 5.74) is 4.58. The second-order valence-electron chi connectivity index (χ2n) is 3.30. The smallest absolute Gasteiger partial charge is 0.0610 e. The van der Waals surface area contributed by atoms with Crippen LogP contribution in [0.5, 0.6) is 0 Å².